The molecular weight excluding hydrogens is 258 g/mol. The summed E-state index contributed by atoms with van der Waals surface area (Å²) in [5.41, 5.74) is 5.61. The molecule has 8 heteroatoms. The van der Waals surface area contributed by atoms with Crippen molar-refractivity contribution in [1.82, 2.24) is 4.98 Å². The molecule has 0 bridgehead atoms. The van der Waals surface area contributed by atoms with Gasteiger partial charge in [0.15, 0.2) is 9.84 Å². The number of aromatic carboxylic acids is 1. The summed E-state index contributed by atoms with van der Waals surface area (Å²) in [4.78, 5) is 14.7. The molecular formula is C10H15N3O4S. The van der Waals surface area contributed by atoms with E-state index in [1.165, 1.54) is 12.3 Å². The van der Waals surface area contributed by atoms with Crippen LogP contribution in [-0.2, 0) is 9.84 Å². The monoisotopic (exact) mass is 273 g/mol. The quantitative estimate of drug-likeness (QED) is 0.677. The van der Waals surface area contributed by atoms with Gasteiger partial charge in [0, 0.05) is 12.3 Å². The van der Waals surface area contributed by atoms with Crippen LogP contribution in [0.3, 0.4) is 0 Å². The molecule has 0 unspecified atom stereocenters. The minimum absolute atomic E-state index is 0.0311. The number of sulfone groups is 1. The standard InChI is InChI=1S/C10H15N3O4S/c1-2-18(16,17)4-3-12-8-6-13-9(11)5-7(8)10(14)15/h5-6,12H,2-4H2,1H3,(H2,11,13)(H,14,15). The Labute approximate surface area is 105 Å². The first-order chi connectivity index (χ1) is 8.35. The van der Waals surface area contributed by atoms with E-state index in [1.54, 1.807) is 6.92 Å². The van der Waals surface area contributed by atoms with E-state index in [0.29, 0.717) is 0 Å². The van der Waals surface area contributed by atoms with Gasteiger partial charge in [-0.05, 0) is 6.07 Å². The van der Waals surface area contributed by atoms with Crippen molar-refractivity contribution >= 4 is 27.3 Å². The van der Waals surface area contributed by atoms with E-state index in [2.05, 4.69) is 10.3 Å². The van der Waals surface area contributed by atoms with Crippen LogP contribution in [0.5, 0.6) is 0 Å². The van der Waals surface area contributed by atoms with Crippen molar-refractivity contribution in [2.24, 2.45) is 0 Å². The van der Waals surface area contributed by atoms with Crippen molar-refractivity contribution in [3.8, 4) is 0 Å². The summed E-state index contributed by atoms with van der Waals surface area (Å²) in [6.07, 6.45) is 1.28. The van der Waals surface area contributed by atoms with Crippen LogP contribution < -0.4 is 11.1 Å². The average Bonchev–Trinajstić information content (AvgIpc) is 2.30. The molecule has 0 aliphatic carbocycles. The van der Waals surface area contributed by atoms with Crippen LogP contribution in [0.25, 0.3) is 0 Å². The van der Waals surface area contributed by atoms with Gasteiger partial charge in [-0.2, -0.15) is 0 Å². The molecule has 0 fully saturated rings. The van der Waals surface area contributed by atoms with Crippen LogP contribution in [0.4, 0.5) is 11.5 Å². The molecule has 0 spiro atoms. The van der Waals surface area contributed by atoms with E-state index < -0.39 is 15.8 Å². The van der Waals surface area contributed by atoms with Gasteiger partial charge in [-0.15, -0.1) is 0 Å². The summed E-state index contributed by atoms with van der Waals surface area (Å²) in [6, 6.07) is 1.22. The molecule has 100 valence electrons. The topological polar surface area (TPSA) is 122 Å². The van der Waals surface area contributed by atoms with Crippen LogP contribution in [0.15, 0.2) is 12.3 Å². The second-order valence-electron chi connectivity index (χ2n) is 3.62. The predicted octanol–water partition coefficient (Wildman–Crippen LogP) is 0.209. The smallest absolute Gasteiger partial charge is 0.337 e. The molecule has 4 N–H and O–H groups in total. The first kappa shape index (κ1) is 14.2. The zero-order valence-electron chi connectivity index (χ0n) is 9.88. The number of carbonyl (C=O) groups is 1. The number of nitrogens with zero attached hydrogens (tertiary/aromatic N) is 1. The molecule has 18 heavy (non-hydrogen) atoms. The van der Waals surface area contributed by atoms with Gasteiger partial charge in [0.25, 0.3) is 0 Å². The third-order valence-electron chi connectivity index (χ3n) is 2.32. The maximum absolute atomic E-state index is 11.3. The number of nitrogens with one attached hydrogen (secondary N) is 1. The van der Waals surface area contributed by atoms with Crippen molar-refractivity contribution in [3.63, 3.8) is 0 Å². The van der Waals surface area contributed by atoms with Crippen LogP contribution in [0, 0.1) is 0 Å². The first-order valence-corrected chi connectivity index (χ1v) is 7.11. The Balaban J connectivity index is 2.77. The zero-order chi connectivity index (χ0) is 13.8. The summed E-state index contributed by atoms with van der Waals surface area (Å²) in [6.45, 7) is 1.69. The van der Waals surface area contributed by atoms with E-state index in [4.69, 9.17) is 10.8 Å². The highest BCUT2D eigenvalue weighted by Gasteiger charge is 2.12. The largest absolute Gasteiger partial charge is 0.478 e. The molecule has 0 radical (unpaired) electrons. The predicted molar refractivity (Wildman–Crippen MR) is 68.4 cm³/mol. The van der Waals surface area contributed by atoms with Crippen molar-refractivity contribution in [2.45, 2.75) is 6.92 Å². The molecule has 0 aromatic carbocycles. The molecule has 0 aliphatic rings. The summed E-state index contributed by atoms with van der Waals surface area (Å²) in [5.74, 6) is -1.06. The number of hydrogen-bond donors (Lipinski definition) is 3. The van der Waals surface area contributed by atoms with Crippen molar-refractivity contribution < 1.29 is 18.3 Å². The van der Waals surface area contributed by atoms with Gasteiger partial charge in [0.1, 0.15) is 5.82 Å². The number of carboxylic acids is 1. The minimum Gasteiger partial charge on any atom is -0.478 e. The Morgan fingerprint density at radius 1 is 1.56 bits per heavy atom. The highest BCUT2D eigenvalue weighted by molar-refractivity contribution is 7.91. The molecule has 0 amide bonds. The van der Waals surface area contributed by atoms with E-state index in [0.717, 1.165) is 0 Å². The maximum atomic E-state index is 11.3. The van der Waals surface area contributed by atoms with E-state index in [9.17, 15) is 13.2 Å². The van der Waals surface area contributed by atoms with Crippen LogP contribution >= 0.6 is 0 Å². The van der Waals surface area contributed by atoms with Gasteiger partial charge in [0.2, 0.25) is 0 Å². The Morgan fingerprint density at radius 2 is 2.22 bits per heavy atom. The average molecular weight is 273 g/mol. The number of nitrogen functional groups attached to an aromatic ring is 1. The fourth-order valence-electron chi connectivity index (χ4n) is 1.27. The molecule has 0 saturated heterocycles. The molecule has 0 atom stereocenters. The number of carboxylic acid groups (broad SMARTS) is 1. The highest BCUT2D eigenvalue weighted by Crippen LogP contribution is 2.16. The van der Waals surface area contributed by atoms with Crippen LogP contribution in [0.1, 0.15) is 17.3 Å². The second kappa shape index (κ2) is 5.67. The number of anilines is 2. The molecule has 7 nitrogen and oxygen atoms in total. The molecule has 0 saturated carbocycles. The van der Waals surface area contributed by atoms with Crippen molar-refractivity contribution in [2.75, 3.05) is 29.1 Å². The van der Waals surface area contributed by atoms with E-state index >= 15 is 0 Å². The van der Waals surface area contributed by atoms with Gasteiger partial charge < -0.3 is 16.2 Å². The lowest BCUT2D eigenvalue weighted by Gasteiger charge is -2.09. The zero-order valence-corrected chi connectivity index (χ0v) is 10.7. The lowest BCUT2D eigenvalue weighted by atomic mass is 10.2. The third-order valence-corrected chi connectivity index (χ3v) is 4.03. The summed E-state index contributed by atoms with van der Waals surface area (Å²) in [7, 11) is -3.09. The molecule has 1 aromatic rings. The maximum Gasteiger partial charge on any atom is 0.337 e. The highest BCUT2D eigenvalue weighted by atomic mass is 32.2. The fourth-order valence-corrected chi connectivity index (χ4v) is 1.98. The lowest BCUT2D eigenvalue weighted by molar-refractivity contribution is 0.0698. The van der Waals surface area contributed by atoms with Crippen LogP contribution in [-0.4, -0.2) is 42.5 Å². The summed E-state index contributed by atoms with van der Waals surface area (Å²) >= 11 is 0. The minimum atomic E-state index is -3.09. The SMILES string of the molecule is CCS(=O)(=O)CCNc1cnc(N)cc1C(=O)O. The van der Waals surface area contributed by atoms with Gasteiger partial charge in [-0.3, -0.25) is 0 Å². The van der Waals surface area contributed by atoms with Crippen molar-refractivity contribution in [1.29, 1.82) is 0 Å². The van der Waals surface area contributed by atoms with Crippen LogP contribution in [0.2, 0.25) is 0 Å². The Morgan fingerprint density at radius 3 is 2.78 bits per heavy atom. The lowest BCUT2D eigenvalue weighted by Crippen LogP contribution is -2.18. The first-order valence-electron chi connectivity index (χ1n) is 5.29. The van der Waals surface area contributed by atoms with Gasteiger partial charge in [0.05, 0.1) is 23.2 Å². The number of hydrogen-bond acceptors (Lipinski definition) is 6. The summed E-state index contributed by atoms with van der Waals surface area (Å²) in [5, 5.41) is 11.7. The van der Waals surface area contributed by atoms with Gasteiger partial charge in [-0.25, -0.2) is 18.2 Å². The van der Waals surface area contributed by atoms with Gasteiger partial charge >= 0.3 is 5.97 Å². The fraction of sp³-hybridized carbons (Fsp3) is 0.400. The Kier molecular flexibility index (Phi) is 4.49. The van der Waals surface area contributed by atoms with Gasteiger partial charge in [-0.1, -0.05) is 6.92 Å². The Bertz CT molecular complexity index is 542. The number of nitrogens with two attached hydrogens (primary N) is 1. The van der Waals surface area contributed by atoms with Crippen molar-refractivity contribution in [3.05, 3.63) is 17.8 Å². The van der Waals surface area contributed by atoms with E-state index in [-0.39, 0.29) is 35.1 Å². The number of pyridine rings is 1. The number of aromatic nitrogens is 1. The molecule has 1 aromatic heterocycles. The summed E-state index contributed by atoms with van der Waals surface area (Å²) < 4.78 is 22.5. The normalized spacial score (nSPS) is 11.2. The van der Waals surface area contributed by atoms with E-state index in [1.807, 2.05) is 0 Å². The number of rotatable bonds is 6. The molecule has 1 rings (SSSR count). The molecule has 1 heterocycles. The third kappa shape index (κ3) is 3.88. The second-order valence-corrected chi connectivity index (χ2v) is 6.10. The molecule has 0 aliphatic heterocycles. The Hall–Kier alpha value is -1.83.